The third kappa shape index (κ3) is 1.98. The molecule has 0 N–H and O–H groups in total. The fourth-order valence-corrected chi connectivity index (χ4v) is 2.15. The summed E-state index contributed by atoms with van der Waals surface area (Å²) >= 11 is 0. The van der Waals surface area contributed by atoms with Crippen LogP contribution in [0.5, 0.6) is 0 Å². The van der Waals surface area contributed by atoms with Crippen molar-refractivity contribution in [2.24, 2.45) is 5.92 Å². The first-order chi connectivity index (χ1) is 6.65. The maximum absolute atomic E-state index is 11.1. The number of hydrogen-bond donors (Lipinski definition) is 0. The maximum atomic E-state index is 11.1. The lowest BCUT2D eigenvalue weighted by Gasteiger charge is -2.45. The molecule has 0 aromatic heterocycles. The minimum absolute atomic E-state index is 0.273. The van der Waals surface area contributed by atoms with Crippen molar-refractivity contribution >= 4 is 5.97 Å². The van der Waals surface area contributed by atoms with Gasteiger partial charge in [0.2, 0.25) is 0 Å². The smallest absolute Gasteiger partial charge is 0.333 e. The lowest BCUT2D eigenvalue weighted by molar-refractivity contribution is -0.181. The van der Waals surface area contributed by atoms with E-state index < -0.39 is 0 Å². The Kier molecular flexibility index (Phi) is 2.59. The van der Waals surface area contributed by atoms with Gasteiger partial charge in [-0.3, -0.25) is 0 Å². The van der Waals surface area contributed by atoms with E-state index in [0.29, 0.717) is 30.3 Å². The Morgan fingerprint density at radius 3 is 2.50 bits per heavy atom. The topological polar surface area (TPSA) is 35.5 Å². The van der Waals surface area contributed by atoms with Gasteiger partial charge < -0.3 is 9.47 Å². The molecule has 0 aromatic rings. The Morgan fingerprint density at radius 1 is 1.43 bits per heavy atom. The maximum Gasteiger partial charge on any atom is 0.333 e. The van der Waals surface area contributed by atoms with E-state index in [-0.39, 0.29) is 5.97 Å². The summed E-state index contributed by atoms with van der Waals surface area (Å²) in [5, 5.41) is 0. The molecule has 3 heteroatoms. The van der Waals surface area contributed by atoms with E-state index >= 15 is 0 Å². The summed E-state index contributed by atoms with van der Waals surface area (Å²) in [5.41, 5.74) is 0.474. The highest BCUT2D eigenvalue weighted by atomic mass is 16.5. The molecule has 3 aliphatic rings. The molecule has 0 spiro atoms. The molecule has 2 saturated heterocycles. The molecule has 2 heterocycles. The standard InChI is InChI=1S/C11H16O3/c1-7(2)11(12)13-6-8-3-9-5-10(4-8)14-9/h8-10H,1,3-6H2,2H3. The van der Waals surface area contributed by atoms with Crippen LogP contribution in [0.25, 0.3) is 0 Å². The van der Waals surface area contributed by atoms with Crippen LogP contribution in [0.3, 0.4) is 0 Å². The second kappa shape index (κ2) is 3.73. The molecule has 1 aliphatic carbocycles. The van der Waals surface area contributed by atoms with E-state index in [4.69, 9.17) is 9.47 Å². The summed E-state index contributed by atoms with van der Waals surface area (Å²) in [7, 11) is 0. The van der Waals surface area contributed by atoms with Crippen molar-refractivity contribution in [2.45, 2.75) is 38.4 Å². The Balaban J connectivity index is 1.71. The molecule has 3 rings (SSSR count). The summed E-state index contributed by atoms with van der Waals surface area (Å²) in [6.45, 7) is 5.74. The van der Waals surface area contributed by atoms with Crippen LogP contribution in [0.1, 0.15) is 26.2 Å². The van der Waals surface area contributed by atoms with Crippen LogP contribution in [0, 0.1) is 5.92 Å². The molecule has 3 nitrogen and oxygen atoms in total. The average Bonchev–Trinajstić information content (AvgIpc) is 2.13. The molecule has 2 bridgehead atoms. The van der Waals surface area contributed by atoms with Gasteiger partial charge in [-0.25, -0.2) is 4.79 Å². The molecule has 14 heavy (non-hydrogen) atoms. The molecule has 2 aliphatic heterocycles. The van der Waals surface area contributed by atoms with Gasteiger partial charge in [-0.1, -0.05) is 6.58 Å². The Morgan fingerprint density at radius 2 is 2.00 bits per heavy atom. The number of carbonyl (C=O) groups is 1. The van der Waals surface area contributed by atoms with Gasteiger partial charge >= 0.3 is 5.97 Å². The first kappa shape index (κ1) is 9.71. The van der Waals surface area contributed by atoms with Gasteiger partial charge in [-0.15, -0.1) is 0 Å². The van der Waals surface area contributed by atoms with Crippen LogP contribution in [0.2, 0.25) is 0 Å². The van der Waals surface area contributed by atoms with Crippen LogP contribution < -0.4 is 0 Å². The normalized spacial score (nSPS) is 34.5. The fraction of sp³-hybridized carbons (Fsp3) is 0.727. The van der Waals surface area contributed by atoms with Crippen molar-refractivity contribution < 1.29 is 14.3 Å². The zero-order valence-corrected chi connectivity index (χ0v) is 8.49. The van der Waals surface area contributed by atoms with E-state index in [1.165, 1.54) is 6.42 Å². The molecule has 2 unspecified atom stereocenters. The van der Waals surface area contributed by atoms with E-state index in [1.54, 1.807) is 6.92 Å². The van der Waals surface area contributed by atoms with Crippen LogP contribution in [0.15, 0.2) is 12.2 Å². The van der Waals surface area contributed by atoms with E-state index in [1.807, 2.05) is 0 Å². The van der Waals surface area contributed by atoms with Crippen LogP contribution in [0.4, 0.5) is 0 Å². The lowest BCUT2D eigenvalue weighted by Crippen LogP contribution is -2.46. The van der Waals surface area contributed by atoms with Gasteiger partial charge in [0.25, 0.3) is 0 Å². The fourth-order valence-electron chi connectivity index (χ4n) is 2.15. The summed E-state index contributed by atoms with van der Waals surface area (Å²) in [6.07, 6.45) is 4.15. The van der Waals surface area contributed by atoms with Crippen LogP contribution in [-0.4, -0.2) is 24.8 Å². The molecule has 0 aromatic carbocycles. The number of esters is 1. The van der Waals surface area contributed by atoms with Crippen LogP contribution >= 0.6 is 0 Å². The van der Waals surface area contributed by atoms with E-state index in [9.17, 15) is 4.79 Å². The third-order valence-corrected chi connectivity index (χ3v) is 2.90. The van der Waals surface area contributed by atoms with E-state index in [0.717, 1.165) is 12.8 Å². The predicted molar refractivity (Wildman–Crippen MR) is 51.8 cm³/mol. The lowest BCUT2D eigenvalue weighted by atomic mass is 9.81. The van der Waals surface area contributed by atoms with Crippen molar-refractivity contribution in [2.75, 3.05) is 6.61 Å². The number of rotatable bonds is 3. The highest BCUT2D eigenvalue weighted by molar-refractivity contribution is 5.86. The summed E-state index contributed by atoms with van der Waals surface area (Å²) in [4.78, 5) is 11.1. The molecule has 1 saturated carbocycles. The minimum atomic E-state index is -0.273. The van der Waals surface area contributed by atoms with Crippen molar-refractivity contribution in [3.8, 4) is 0 Å². The van der Waals surface area contributed by atoms with Crippen molar-refractivity contribution in [1.82, 2.24) is 0 Å². The minimum Gasteiger partial charge on any atom is -0.462 e. The van der Waals surface area contributed by atoms with E-state index in [2.05, 4.69) is 6.58 Å². The number of carbonyl (C=O) groups excluding carboxylic acids is 1. The van der Waals surface area contributed by atoms with Crippen molar-refractivity contribution in [1.29, 1.82) is 0 Å². The molecular formula is C11H16O3. The summed E-state index contributed by atoms with van der Waals surface area (Å²) in [6, 6.07) is 0. The molecule has 78 valence electrons. The molecule has 0 amide bonds. The van der Waals surface area contributed by atoms with Gasteiger partial charge in [-0.05, 0) is 32.1 Å². The second-order valence-electron chi connectivity index (χ2n) is 4.33. The second-order valence-corrected chi connectivity index (χ2v) is 4.33. The van der Waals surface area contributed by atoms with Crippen LogP contribution in [-0.2, 0) is 14.3 Å². The van der Waals surface area contributed by atoms with Gasteiger partial charge in [0.1, 0.15) is 0 Å². The predicted octanol–water partition coefficient (Wildman–Crippen LogP) is 1.67. The average molecular weight is 196 g/mol. The zero-order chi connectivity index (χ0) is 10.1. The quantitative estimate of drug-likeness (QED) is 0.509. The van der Waals surface area contributed by atoms with Crippen molar-refractivity contribution in [3.05, 3.63) is 12.2 Å². The SMILES string of the molecule is C=C(C)C(=O)OCC1CC2CC(C1)O2. The molecule has 0 radical (unpaired) electrons. The first-order valence-corrected chi connectivity index (χ1v) is 5.13. The van der Waals surface area contributed by atoms with Crippen molar-refractivity contribution in [3.63, 3.8) is 0 Å². The first-order valence-electron chi connectivity index (χ1n) is 5.13. The number of ether oxygens (including phenoxy) is 2. The third-order valence-electron chi connectivity index (χ3n) is 2.90. The summed E-state index contributed by atoms with van der Waals surface area (Å²) < 4.78 is 10.6. The zero-order valence-electron chi connectivity index (χ0n) is 8.49. The molecule has 3 fully saturated rings. The monoisotopic (exact) mass is 196 g/mol. The molecular weight excluding hydrogens is 180 g/mol. The summed E-state index contributed by atoms with van der Waals surface area (Å²) in [5.74, 6) is 0.223. The van der Waals surface area contributed by atoms with Gasteiger partial charge in [-0.2, -0.15) is 0 Å². The Hall–Kier alpha value is -0.830. The van der Waals surface area contributed by atoms with Gasteiger partial charge in [0.15, 0.2) is 0 Å². The highest BCUT2D eigenvalue weighted by Crippen LogP contribution is 2.38. The number of fused-ring (bicyclic) bond motifs is 2. The molecule has 2 atom stereocenters. The van der Waals surface area contributed by atoms with Gasteiger partial charge in [0.05, 0.1) is 18.8 Å². The highest BCUT2D eigenvalue weighted by Gasteiger charge is 2.39. The number of hydrogen-bond acceptors (Lipinski definition) is 3. The Bertz CT molecular complexity index is 243. The Labute approximate surface area is 84.1 Å². The van der Waals surface area contributed by atoms with Gasteiger partial charge in [0, 0.05) is 5.57 Å². The largest absolute Gasteiger partial charge is 0.462 e.